The van der Waals surface area contributed by atoms with Crippen LogP contribution in [0.5, 0.6) is 0 Å². The molecule has 0 saturated heterocycles. The summed E-state index contributed by atoms with van der Waals surface area (Å²) in [6, 6.07) is 14.3. The van der Waals surface area contributed by atoms with E-state index in [1.54, 1.807) is 0 Å². The Hall–Kier alpha value is -1.02. The predicted molar refractivity (Wildman–Crippen MR) is 85.5 cm³/mol. The van der Waals surface area contributed by atoms with Crippen LogP contribution in [-0.4, -0.2) is 6.04 Å². The van der Waals surface area contributed by atoms with Gasteiger partial charge in [0, 0.05) is 16.1 Å². The van der Waals surface area contributed by atoms with Crippen molar-refractivity contribution in [1.29, 1.82) is 0 Å². The van der Waals surface area contributed by atoms with Crippen LogP contribution in [0.3, 0.4) is 0 Å². The van der Waals surface area contributed by atoms with E-state index < -0.39 is 0 Å². The van der Waals surface area contributed by atoms with Crippen molar-refractivity contribution in [3.63, 3.8) is 0 Å². The van der Waals surface area contributed by atoms with Crippen molar-refractivity contribution < 1.29 is 0 Å². The summed E-state index contributed by atoms with van der Waals surface area (Å²) < 4.78 is 0. The second-order valence-corrected chi connectivity index (χ2v) is 6.38. The van der Waals surface area contributed by atoms with E-state index in [1.807, 2.05) is 18.2 Å². The molecule has 0 amide bonds. The fourth-order valence-corrected chi connectivity index (χ4v) is 3.41. The van der Waals surface area contributed by atoms with Crippen molar-refractivity contribution >= 4 is 23.2 Å². The standard InChI is InChI=1S/C17H17Cl2N/c18-15-5-6-16(19)13(9-15)10-17(20)14-7-11-3-1-2-4-12(11)8-14/h1-6,9,14,17H,7-8,10,20H2. The van der Waals surface area contributed by atoms with Gasteiger partial charge >= 0.3 is 0 Å². The van der Waals surface area contributed by atoms with E-state index in [-0.39, 0.29) is 6.04 Å². The smallest absolute Gasteiger partial charge is 0.0439 e. The van der Waals surface area contributed by atoms with Gasteiger partial charge in [0.05, 0.1) is 0 Å². The molecule has 1 atom stereocenters. The van der Waals surface area contributed by atoms with E-state index in [1.165, 1.54) is 11.1 Å². The molecule has 1 aliphatic rings. The SMILES string of the molecule is NC(Cc1cc(Cl)ccc1Cl)C1Cc2ccccc2C1. The van der Waals surface area contributed by atoms with E-state index >= 15 is 0 Å². The Kier molecular flexibility index (Phi) is 4.02. The van der Waals surface area contributed by atoms with Gasteiger partial charge in [0.15, 0.2) is 0 Å². The molecule has 2 aromatic carbocycles. The molecule has 2 N–H and O–H groups in total. The zero-order valence-corrected chi connectivity index (χ0v) is 12.7. The third kappa shape index (κ3) is 2.85. The zero-order chi connectivity index (χ0) is 14.1. The topological polar surface area (TPSA) is 26.0 Å². The molecule has 0 bridgehead atoms. The normalized spacial score (nSPS) is 16.1. The van der Waals surface area contributed by atoms with Crippen LogP contribution in [-0.2, 0) is 19.3 Å². The van der Waals surface area contributed by atoms with Gasteiger partial charge in [0.2, 0.25) is 0 Å². The maximum atomic E-state index is 6.41. The summed E-state index contributed by atoms with van der Waals surface area (Å²) in [5.41, 5.74) is 10.3. The second kappa shape index (κ2) is 5.77. The Labute approximate surface area is 129 Å². The molecular formula is C17H17Cl2N. The molecule has 0 fully saturated rings. The highest BCUT2D eigenvalue weighted by Crippen LogP contribution is 2.30. The molecule has 0 radical (unpaired) electrons. The summed E-state index contributed by atoms with van der Waals surface area (Å²) in [4.78, 5) is 0. The lowest BCUT2D eigenvalue weighted by atomic mass is 9.92. The van der Waals surface area contributed by atoms with Gasteiger partial charge in [-0.15, -0.1) is 0 Å². The molecule has 1 aliphatic carbocycles. The van der Waals surface area contributed by atoms with E-state index in [0.717, 1.165) is 29.8 Å². The highest BCUT2D eigenvalue weighted by atomic mass is 35.5. The van der Waals surface area contributed by atoms with Gasteiger partial charge in [0.1, 0.15) is 0 Å². The highest BCUT2D eigenvalue weighted by Gasteiger charge is 2.26. The van der Waals surface area contributed by atoms with Crippen molar-refractivity contribution in [2.24, 2.45) is 11.7 Å². The van der Waals surface area contributed by atoms with E-state index in [0.29, 0.717) is 10.9 Å². The average molecular weight is 306 g/mol. The Bertz CT molecular complexity index is 599. The second-order valence-electron chi connectivity index (χ2n) is 5.54. The van der Waals surface area contributed by atoms with Crippen molar-refractivity contribution in [3.05, 3.63) is 69.2 Å². The minimum Gasteiger partial charge on any atom is -0.327 e. The molecule has 20 heavy (non-hydrogen) atoms. The first-order valence-electron chi connectivity index (χ1n) is 6.90. The summed E-state index contributed by atoms with van der Waals surface area (Å²) >= 11 is 12.3. The molecule has 2 aromatic rings. The molecule has 0 aromatic heterocycles. The Morgan fingerprint density at radius 3 is 2.35 bits per heavy atom. The number of rotatable bonds is 3. The van der Waals surface area contributed by atoms with Gasteiger partial charge < -0.3 is 5.73 Å². The van der Waals surface area contributed by atoms with Crippen LogP contribution in [0.2, 0.25) is 10.0 Å². The Morgan fingerprint density at radius 1 is 1.05 bits per heavy atom. The maximum absolute atomic E-state index is 6.41. The van der Waals surface area contributed by atoms with Gasteiger partial charge in [0.25, 0.3) is 0 Å². The molecular weight excluding hydrogens is 289 g/mol. The van der Waals surface area contributed by atoms with Gasteiger partial charge in [-0.2, -0.15) is 0 Å². The van der Waals surface area contributed by atoms with Gasteiger partial charge in [-0.05, 0) is 60.1 Å². The lowest BCUT2D eigenvalue weighted by molar-refractivity contribution is 0.437. The molecule has 1 unspecified atom stereocenters. The predicted octanol–water partition coefficient (Wildman–Crippen LogP) is 4.28. The third-order valence-electron chi connectivity index (χ3n) is 4.15. The highest BCUT2D eigenvalue weighted by molar-refractivity contribution is 6.33. The van der Waals surface area contributed by atoms with Crippen LogP contribution in [0.15, 0.2) is 42.5 Å². The maximum Gasteiger partial charge on any atom is 0.0439 e. The summed E-state index contributed by atoms with van der Waals surface area (Å²) in [5.74, 6) is 0.488. The van der Waals surface area contributed by atoms with Gasteiger partial charge in [-0.3, -0.25) is 0 Å². The van der Waals surface area contributed by atoms with Crippen molar-refractivity contribution in [2.75, 3.05) is 0 Å². The van der Waals surface area contributed by atoms with Crippen molar-refractivity contribution in [3.8, 4) is 0 Å². The lowest BCUT2D eigenvalue weighted by Gasteiger charge is -2.19. The molecule has 104 valence electrons. The van der Waals surface area contributed by atoms with E-state index in [4.69, 9.17) is 28.9 Å². The first kappa shape index (κ1) is 13.9. The summed E-state index contributed by atoms with van der Waals surface area (Å²) in [6.07, 6.45) is 2.91. The molecule has 0 aliphatic heterocycles. The van der Waals surface area contributed by atoms with Crippen LogP contribution >= 0.6 is 23.2 Å². The van der Waals surface area contributed by atoms with Crippen LogP contribution < -0.4 is 5.73 Å². The minimum atomic E-state index is 0.110. The largest absolute Gasteiger partial charge is 0.327 e. The average Bonchev–Trinajstić information content (AvgIpc) is 2.87. The zero-order valence-electron chi connectivity index (χ0n) is 11.2. The summed E-state index contributed by atoms with van der Waals surface area (Å²) in [7, 11) is 0. The molecule has 3 rings (SSSR count). The number of hydrogen-bond acceptors (Lipinski definition) is 1. The number of hydrogen-bond donors (Lipinski definition) is 1. The number of benzene rings is 2. The van der Waals surface area contributed by atoms with Crippen LogP contribution in [0.1, 0.15) is 16.7 Å². The molecule has 3 heteroatoms. The minimum absolute atomic E-state index is 0.110. The summed E-state index contributed by atoms with van der Waals surface area (Å²) in [5, 5.41) is 1.46. The molecule has 0 heterocycles. The van der Waals surface area contributed by atoms with E-state index in [9.17, 15) is 0 Å². The quantitative estimate of drug-likeness (QED) is 0.900. The molecule has 0 saturated carbocycles. The van der Waals surface area contributed by atoms with Crippen LogP contribution in [0.25, 0.3) is 0 Å². The van der Waals surface area contributed by atoms with Gasteiger partial charge in [-0.25, -0.2) is 0 Å². The van der Waals surface area contributed by atoms with E-state index in [2.05, 4.69) is 24.3 Å². The number of halogens is 2. The summed E-state index contributed by atoms with van der Waals surface area (Å²) in [6.45, 7) is 0. The lowest BCUT2D eigenvalue weighted by Crippen LogP contribution is -2.32. The molecule has 0 spiro atoms. The van der Waals surface area contributed by atoms with Crippen LogP contribution in [0.4, 0.5) is 0 Å². The monoisotopic (exact) mass is 305 g/mol. The third-order valence-corrected chi connectivity index (χ3v) is 4.76. The first-order valence-corrected chi connectivity index (χ1v) is 7.65. The van der Waals surface area contributed by atoms with Crippen LogP contribution in [0, 0.1) is 5.92 Å². The Balaban J connectivity index is 1.72. The first-order chi connectivity index (χ1) is 9.63. The van der Waals surface area contributed by atoms with Gasteiger partial charge in [-0.1, -0.05) is 47.5 Å². The fraction of sp³-hybridized carbons (Fsp3) is 0.294. The fourth-order valence-electron chi connectivity index (χ4n) is 3.02. The number of fused-ring (bicyclic) bond motifs is 1. The van der Waals surface area contributed by atoms with Crippen molar-refractivity contribution in [1.82, 2.24) is 0 Å². The number of nitrogens with two attached hydrogens (primary N) is 1. The Morgan fingerprint density at radius 2 is 1.70 bits per heavy atom. The van der Waals surface area contributed by atoms with Crippen molar-refractivity contribution in [2.45, 2.75) is 25.3 Å². The molecule has 1 nitrogen and oxygen atoms in total.